The van der Waals surface area contributed by atoms with E-state index in [9.17, 15) is 14.3 Å². The van der Waals surface area contributed by atoms with Gasteiger partial charge >= 0.3 is 0 Å². The van der Waals surface area contributed by atoms with Gasteiger partial charge in [0.15, 0.2) is 17.4 Å². The topological polar surface area (TPSA) is 67.8 Å². The zero-order chi connectivity index (χ0) is 17.2. The number of hydrogen-bond donors (Lipinski definition) is 2. The Kier molecular flexibility index (Phi) is 5.06. The standard InChI is InChI=1S/C18H24FNO4/c1-12-5-7-18(8-6-12)23-11-14(24-18)10-20-16(22)9-13-3-2-4-15(21)17(13)19/h2-4,12,14,21H,5-11H2,1H3,(H,20,22)/t12?,14-,18?/m1/s1. The largest absolute Gasteiger partial charge is 0.505 e. The van der Waals surface area contributed by atoms with Gasteiger partial charge in [0.25, 0.3) is 0 Å². The van der Waals surface area contributed by atoms with E-state index in [1.807, 2.05) is 0 Å². The molecular formula is C18H24FNO4. The predicted molar refractivity (Wildman–Crippen MR) is 86.0 cm³/mol. The van der Waals surface area contributed by atoms with Gasteiger partial charge in [-0.1, -0.05) is 19.1 Å². The number of aromatic hydroxyl groups is 1. The van der Waals surface area contributed by atoms with Crippen molar-refractivity contribution in [3.8, 4) is 5.75 Å². The number of carbonyl (C=O) groups excluding carboxylic acids is 1. The molecule has 1 aromatic carbocycles. The molecule has 2 aliphatic rings. The summed E-state index contributed by atoms with van der Waals surface area (Å²) in [6.07, 6.45) is 3.69. The van der Waals surface area contributed by atoms with Crippen LogP contribution in [0.5, 0.6) is 5.75 Å². The molecule has 1 saturated carbocycles. The summed E-state index contributed by atoms with van der Waals surface area (Å²) in [7, 11) is 0. The van der Waals surface area contributed by atoms with Crippen LogP contribution in [0.3, 0.4) is 0 Å². The van der Waals surface area contributed by atoms with Crippen LogP contribution in [-0.4, -0.2) is 36.1 Å². The molecule has 5 nitrogen and oxygen atoms in total. The molecule has 24 heavy (non-hydrogen) atoms. The number of nitrogens with one attached hydrogen (secondary N) is 1. The fourth-order valence-corrected chi connectivity index (χ4v) is 3.35. The molecule has 0 bridgehead atoms. The summed E-state index contributed by atoms with van der Waals surface area (Å²) in [5.41, 5.74) is 0.175. The third-order valence-electron chi connectivity index (χ3n) is 4.89. The summed E-state index contributed by atoms with van der Waals surface area (Å²) in [5.74, 6) is -1.26. The first-order chi connectivity index (χ1) is 11.5. The van der Waals surface area contributed by atoms with Crippen molar-refractivity contribution in [3.63, 3.8) is 0 Å². The molecule has 6 heteroatoms. The van der Waals surface area contributed by atoms with E-state index in [1.165, 1.54) is 18.2 Å². The molecular weight excluding hydrogens is 313 g/mol. The van der Waals surface area contributed by atoms with Crippen molar-refractivity contribution in [1.82, 2.24) is 5.32 Å². The molecule has 2 fully saturated rings. The highest BCUT2D eigenvalue weighted by atomic mass is 19.1. The van der Waals surface area contributed by atoms with Gasteiger partial charge in [0, 0.05) is 24.9 Å². The number of rotatable bonds is 4. The van der Waals surface area contributed by atoms with E-state index in [1.54, 1.807) is 0 Å². The molecule has 0 radical (unpaired) electrons. The molecule has 0 aromatic heterocycles. The molecule has 1 heterocycles. The summed E-state index contributed by atoms with van der Waals surface area (Å²) in [4.78, 5) is 12.0. The van der Waals surface area contributed by atoms with Crippen molar-refractivity contribution in [1.29, 1.82) is 0 Å². The molecule has 1 spiro atoms. The molecule has 3 rings (SSSR count). The summed E-state index contributed by atoms with van der Waals surface area (Å²) < 4.78 is 25.6. The molecule has 2 N–H and O–H groups in total. The maximum Gasteiger partial charge on any atom is 0.224 e. The monoisotopic (exact) mass is 337 g/mol. The van der Waals surface area contributed by atoms with E-state index in [2.05, 4.69) is 12.2 Å². The maximum atomic E-state index is 13.7. The van der Waals surface area contributed by atoms with Gasteiger partial charge in [0.1, 0.15) is 6.10 Å². The Morgan fingerprint density at radius 1 is 1.42 bits per heavy atom. The van der Waals surface area contributed by atoms with Crippen molar-refractivity contribution in [3.05, 3.63) is 29.6 Å². The summed E-state index contributed by atoms with van der Waals surface area (Å²) in [6.45, 7) is 3.05. The molecule has 1 aliphatic heterocycles. The Balaban J connectivity index is 1.46. The normalized spacial score (nSPS) is 29.8. The van der Waals surface area contributed by atoms with Crippen LogP contribution in [0.4, 0.5) is 4.39 Å². The Hall–Kier alpha value is -1.66. The van der Waals surface area contributed by atoms with E-state index in [4.69, 9.17) is 9.47 Å². The van der Waals surface area contributed by atoms with Gasteiger partial charge in [-0.05, 0) is 24.8 Å². The first kappa shape index (κ1) is 17.2. The third kappa shape index (κ3) is 3.87. The van der Waals surface area contributed by atoms with E-state index >= 15 is 0 Å². The van der Waals surface area contributed by atoms with Gasteiger partial charge in [-0.3, -0.25) is 4.79 Å². The number of hydrogen-bond acceptors (Lipinski definition) is 4. The fraction of sp³-hybridized carbons (Fsp3) is 0.611. The Morgan fingerprint density at radius 2 is 2.17 bits per heavy atom. The van der Waals surface area contributed by atoms with Crippen LogP contribution >= 0.6 is 0 Å². The lowest BCUT2D eigenvalue weighted by Gasteiger charge is -2.34. The van der Waals surface area contributed by atoms with Crippen LogP contribution < -0.4 is 5.32 Å². The van der Waals surface area contributed by atoms with Crippen molar-refractivity contribution >= 4 is 5.91 Å². The molecule has 1 aliphatic carbocycles. The van der Waals surface area contributed by atoms with Crippen LogP contribution in [0.15, 0.2) is 18.2 Å². The van der Waals surface area contributed by atoms with E-state index < -0.39 is 17.4 Å². The lowest BCUT2D eigenvalue weighted by molar-refractivity contribution is -0.191. The SMILES string of the molecule is CC1CCC2(CC1)OC[C@@H](CNC(=O)Cc1cccc(O)c1F)O2. The van der Waals surface area contributed by atoms with Gasteiger partial charge in [0.2, 0.25) is 5.91 Å². The van der Waals surface area contributed by atoms with Gasteiger partial charge in [-0.15, -0.1) is 0 Å². The lowest BCUT2D eigenvalue weighted by Crippen LogP contribution is -2.38. The molecule has 1 aromatic rings. The second-order valence-electron chi connectivity index (χ2n) is 6.88. The first-order valence-corrected chi connectivity index (χ1v) is 8.52. The van der Waals surface area contributed by atoms with Gasteiger partial charge < -0.3 is 19.9 Å². The van der Waals surface area contributed by atoms with Gasteiger partial charge in [-0.2, -0.15) is 0 Å². The van der Waals surface area contributed by atoms with Gasteiger partial charge in [0.05, 0.1) is 13.0 Å². The minimum atomic E-state index is -0.747. The highest BCUT2D eigenvalue weighted by molar-refractivity contribution is 5.78. The first-order valence-electron chi connectivity index (χ1n) is 8.52. The van der Waals surface area contributed by atoms with Gasteiger partial charge in [-0.25, -0.2) is 4.39 Å². The predicted octanol–water partition coefficient (Wildman–Crippen LogP) is 2.51. The fourth-order valence-electron chi connectivity index (χ4n) is 3.35. The smallest absolute Gasteiger partial charge is 0.224 e. The van der Waals surface area contributed by atoms with Crippen LogP contribution in [-0.2, 0) is 20.7 Å². The zero-order valence-electron chi connectivity index (χ0n) is 13.9. The van der Waals surface area contributed by atoms with Crippen LogP contribution in [0.2, 0.25) is 0 Å². The number of amides is 1. The molecule has 0 unspecified atom stereocenters. The Morgan fingerprint density at radius 3 is 2.92 bits per heavy atom. The number of halogens is 1. The second kappa shape index (κ2) is 7.07. The van der Waals surface area contributed by atoms with Crippen molar-refractivity contribution in [2.24, 2.45) is 5.92 Å². The highest BCUT2D eigenvalue weighted by Crippen LogP contribution is 2.39. The number of phenolic OH excluding ortho intramolecular Hbond substituents is 1. The minimum absolute atomic E-state index is 0.115. The van der Waals surface area contributed by atoms with Crippen molar-refractivity contribution in [2.75, 3.05) is 13.2 Å². The van der Waals surface area contributed by atoms with E-state index in [0.717, 1.165) is 25.7 Å². The average molecular weight is 337 g/mol. The summed E-state index contributed by atoms with van der Waals surface area (Å²) in [6, 6.07) is 4.26. The number of carbonyl (C=O) groups is 1. The molecule has 132 valence electrons. The minimum Gasteiger partial charge on any atom is -0.505 e. The second-order valence-corrected chi connectivity index (χ2v) is 6.88. The van der Waals surface area contributed by atoms with Crippen molar-refractivity contribution in [2.45, 2.75) is 50.9 Å². The lowest BCUT2D eigenvalue weighted by atomic mass is 9.86. The van der Waals surface area contributed by atoms with Crippen molar-refractivity contribution < 1.29 is 23.8 Å². The van der Waals surface area contributed by atoms with E-state index in [0.29, 0.717) is 19.1 Å². The molecule has 1 atom stereocenters. The Labute approximate surface area is 141 Å². The van der Waals surface area contributed by atoms with Crippen LogP contribution in [0.25, 0.3) is 0 Å². The molecule has 1 saturated heterocycles. The number of benzene rings is 1. The van der Waals surface area contributed by atoms with Crippen LogP contribution in [0, 0.1) is 11.7 Å². The van der Waals surface area contributed by atoms with Crippen LogP contribution in [0.1, 0.15) is 38.2 Å². The number of phenols is 1. The Bertz CT molecular complexity index is 599. The quantitative estimate of drug-likeness (QED) is 0.886. The highest BCUT2D eigenvalue weighted by Gasteiger charge is 2.43. The average Bonchev–Trinajstić information content (AvgIpc) is 2.96. The number of ether oxygens (including phenoxy) is 2. The van der Waals surface area contributed by atoms with E-state index in [-0.39, 0.29) is 24.0 Å². The third-order valence-corrected chi connectivity index (χ3v) is 4.89. The zero-order valence-corrected chi connectivity index (χ0v) is 13.9. The maximum absolute atomic E-state index is 13.7. The summed E-state index contributed by atoms with van der Waals surface area (Å²) in [5, 5.41) is 12.1. The summed E-state index contributed by atoms with van der Waals surface area (Å²) >= 11 is 0. The molecule has 1 amide bonds.